The molecular weight excluding hydrogens is 294 g/mol. The Kier molecular flexibility index (Phi) is 4.38. The van der Waals surface area contributed by atoms with E-state index in [-0.39, 0.29) is 6.61 Å². The largest absolute Gasteiger partial charge is 0.458 e. The van der Waals surface area contributed by atoms with Crippen LogP contribution in [-0.2, 0) is 20.9 Å². The van der Waals surface area contributed by atoms with Crippen molar-refractivity contribution < 1.29 is 19.1 Å². The lowest BCUT2D eigenvalue weighted by Crippen LogP contribution is -2.16. The van der Waals surface area contributed by atoms with Gasteiger partial charge in [0.2, 0.25) is 0 Å². The van der Waals surface area contributed by atoms with Gasteiger partial charge >= 0.3 is 11.9 Å². The molecule has 0 atom stereocenters. The van der Waals surface area contributed by atoms with E-state index >= 15 is 0 Å². The average molecular weight is 309 g/mol. The van der Waals surface area contributed by atoms with Crippen molar-refractivity contribution >= 4 is 22.8 Å². The standard InChI is InChI=1S/C18H15NO4/c20-17(22-11-13-6-2-1-3-7-13)12-23-18(21)15-10-19-16-9-5-4-8-14(15)16/h1-10,19H,11-12H2. The van der Waals surface area contributed by atoms with Crippen LogP contribution in [0.15, 0.2) is 60.8 Å². The number of rotatable bonds is 5. The van der Waals surface area contributed by atoms with Crippen LogP contribution < -0.4 is 0 Å². The van der Waals surface area contributed by atoms with Gasteiger partial charge in [-0.15, -0.1) is 0 Å². The number of hydrogen-bond donors (Lipinski definition) is 1. The van der Waals surface area contributed by atoms with Crippen molar-refractivity contribution in [2.75, 3.05) is 6.61 Å². The number of carbonyl (C=O) groups excluding carboxylic acids is 2. The lowest BCUT2D eigenvalue weighted by atomic mass is 10.2. The van der Waals surface area contributed by atoms with Crippen molar-refractivity contribution in [3.8, 4) is 0 Å². The number of fused-ring (bicyclic) bond motifs is 1. The lowest BCUT2D eigenvalue weighted by molar-refractivity contribution is -0.148. The first-order valence-electron chi connectivity index (χ1n) is 7.17. The third-order valence-electron chi connectivity index (χ3n) is 3.37. The van der Waals surface area contributed by atoms with Gasteiger partial charge in [-0.25, -0.2) is 9.59 Å². The fraction of sp³-hybridized carbons (Fsp3) is 0.111. The number of para-hydroxylation sites is 1. The van der Waals surface area contributed by atoms with Gasteiger partial charge in [0.1, 0.15) is 6.61 Å². The summed E-state index contributed by atoms with van der Waals surface area (Å²) in [6.45, 7) is -0.254. The molecule has 0 radical (unpaired) electrons. The van der Waals surface area contributed by atoms with E-state index in [1.54, 1.807) is 6.20 Å². The van der Waals surface area contributed by atoms with E-state index in [1.165, 1.54) is 0 Å². The number of H-pyrrole nitrogens is 1. The maximum atomic E-state index is 12.0. The van der Waals surface area contributed by atoms with Gasteiger partial charge in [-0.2, -0.15) is 0 Å². The highest BCUT2D eigenvalue weighted by molar-refractivity contribution is 6.04. The molecule has 116 valence electrons. The summed E-state index contributed by atoms with van der Waals surface area (Å²) in [5.74, 6) is -1.14. The first-order chi connectivity index (χ1) is 11.2. The first-order valence-corrected chi connectivity index (χ1v) is 7.17. The number of ether oxygens (including phenoxy) is 2. The molecule has 3 aromatic rings. The summed E-state index contributed by atoms with van der Waals surface area (Å²) in [6, 6.07) is 16.7. The zero-order valence-corrected chi connectivity index (χ0v) is 12.3. The fourth-order valence-corrected chi connectivity index (χ4v) is 2.22. The molecule has 0 aliphatic rings. The molecule has 1 aromatic heterocycles. The number of benzene rings is 2. The number of esters is 2. The monoisotopic (exact) mass is 309 g/mol. The van der Waals surface area contributed by atoms with Crippen LogP contribution in [0, 0.1) is 0 Å². The van der Waals surface area contributed by atoms with Gasteiger partial charge in [0.15, 0.2) is 6.61 Å². The molecule has 3 rings (SSSR count). The third kappa shape index (κ3) is 3.58. The highest BCUT2D eigenvalue weighted by Gasteiger charge is 2.15. The summed E-state index contributed by atoms with van der Waals surface area (Å²) in [7, 11) is 0. The minimum Gasteiger partial charge on any atom is -0.458 e. The van der Waals surface area contributed by atoms with Crippen molar-refractivity contribution in [2.24, 2.45) is 0 Å². The quantitative estimate of drug-likeness (QED) is 0.735. The van der Waals surface area contributed by atoms with Crippen LogP contribution >= 0.6 is 0 Å². The average Bonchev–Trinajstić information content (AvgIpc) is 3.03. The Morgan fingerprint density at radius 1 is 0.913 bits per heavy atom. The number of aromatic amines is 1. The van der Waals surface area contributed by atoms with Gasteiger partial charge in [-0.3, -0.25) is 0 Å². The smallest absolute Gasteiger partial charge is 0.344 e. The Bertz CT molecular complexity index is 823. The summed E-state index contributed by atoms with van der Waals surface area (Å²) < 4.78 is 10.1. The van der Waals surface area contributed by atoms with Crippen molar-refractivity contribution in [1.82, 2.24) is 4.98 Å². The van der Waals surface area contributed by atoms with Crippen LogP contribution in [-0.4, -0.2) is 23.5 Å². The van der Waals surface area contributed by atoms with Crippen molar-refractivity contribution in [3.63, 3.8) is 0 Å². The van der Waals surface area contributed by atoms with E-state index in [4.69, 9.17) is 9.47 Å². The Balaban J connectivity index is 1.53. The second kappa shape index (κ2) is 6.79. The minimum absolute atomic E-state index is 0.157. The zero-order chi connectivity index (χ0) is 16.1. The van der Waals surface area contributed by atoms with Gasteiger partial charge in [0, 0.05) is 17.1 Å². The molecule has 0 unspecified atom stereocenters. The van der Waals surface area contributed by atoms with E-state index in [0.29, 0.717) is 5.56 Å². The fourth-order valence-electron chi connectivity index (χ4n) is 2.22. The minimum atomic E-state index is -0.581. The molecule has 5 nitrogen and oxygen atoms in total. The molecule has 0 amide bonds. The van der Waals surface area contributed by atoms with Gasteiger partial charge < -0.3 is 14.5 Å². The van der Waals surface area contributed by atoms with Gasteiger partial charge in [-0.05, 0) is 11.6 Å². The van der Waals surface area contributed by atoms with Crippen LogP contribution in [0.2, 0.25) is 0 Å². The molecule has 1 N–H and O–H groups in total. The SMILES string of the molecule is O=C(COC(=O)c1c[nH]c2ccccc12)OCc1ccccc1. The second-order valence-electron chi connectivity index (χ2n) is 4.97. The van der Waals surface area contributed by atoms with Crippen molar-refractivity contribution in [1.29, 1.82) is 0 Å². The highest BCUT2D eigenvalue weighted by atomic mass is 16.6. The second-order valence-corrected chi connectivity index (χ2v) is 4.97. The van der Waals surface area contributed by atoms with E-state index < -0.39 is 18.5 Å². The molecule has 0 aliphatic heterocycles. The van der Waals surface area contributed by atoms with Gasteiger partial charge in [0.25, 0.3) is 0 Å². The molecule has 23 heavy (non-hydrogen) atoms. The van der Waals surface area contributed by atoms with Crippen LogP contribution in [0.5, 0.6) is 0 Å². The molecule has 0 saturated carbocycles. The maximum Gasteiger partial charge on any atom is 0.344 e. The van der Waals surface area contributed by atoms with E-state index in [9.17, 15) is 9.59 Å². The molecule has 0 saturated heterocycles. The molecule has 0 fully saturated rings. The third-order valence-corrected chi connectivity index (χ3v) is 3.37. The van der Waals surface area contributed by atoms with Gasteiger partial charge in [0.05, 0.1) is 5.56 Å². The number of aromatic nitrogens is 1. The highest BCUT2D eigenvalue weighted by Crippen LogP contribution is 2.18. The lowest BCUT2D eigenvalue weighted by Gasteiger charge is -2.06. The normalized spacial score (nSPS) is 10.4. The van der Waals surface area contributed by atoms with E-state index in [2.05, 4.69) is 4.98 Å². The topological polar surface area (TPSA) is 68.4 Å². The number of nitrogens with one attached hydrogen (secondary N) is 1. The van der Waals surface area contributed by atoms with Crippen molar-refractivity contribution in [2.45, 2.75) is 6.61 Å². The Labute approximate surface area is 132 Å². The Hall–Kier alpha value is -3.08. The Morgan fingerprint density at radius 2 is 1.65 bits per heavy atom. The van der Waals surface area contributed by atoms with E-state index in [0.717, 1.165) is 16.5 Å². The predicted molar refractivity (Wildman–Crippen MR) is 84.8 cm³/mol. The summed E-state index contributed by atoms with van der Waals surface area (Å²) in [5, 5.41) is 0.759. The first kappa shape index (κ1) is 14.8. The van der Waals surface area contributed by atoms with E-state index in [1.807, 2.05) is 54.6 Å². The van der Waals surface area contributed by atoms with Crippen LogP contribution in [0.25, 0.3) is 10.9 Å². The molecule has 1 heterocycles. The number of carbonyl (C=O) groups is 2. The van der Waals surface area contributed by atoms with Gasteiger partial charge in [-0.1, -0.05) is 48.5 Å². The number of hydrogen-bond acceptors (Lipinski definition) is 4. The zero-order valence-electron chi connectivity index (χ0n) is 12.3. The van der Waals surface area contributed by atoms with Crippen molar-refractivity contribution in [3.05, 3.63) is 71.9 Å². The summed E-state index contributed by atoms with van der Waals surface area (Å²) in [4.78, 5) is 26.7. The summed E-state index contributed by atoms with van der Waals surface area (Å²) >= 11 is 0. The molecule has 0 bridgehead atoms. The molecular formula is C18H15NO4. The molecule has 0 spiro atoms. The predicted octanol–water partition coefficient (Wildman–Crippen LogP) is 3.07. The molecule has 5 heteroatoms. The van der Waals surface area contributed by atoms with Crippen LogP contribution in [0.1, 0.15) is 15.9 Å². The maximum absolute atomic E-state index is 12.0. The molecule has 2 aromatic carbocycles. The Morgan fingerprint density at radius 3 is 2.48 bits per heavy atom. The van der Waals surface area contributed by atoms with Crippen LogP contribution in [0.3, 0.4) is 0 Å². The summed E-state index contributed by atoms with van der Waals surface area (Å²) in [5.41, 5.74) is 2.12. The summed E-state index contributed by atoms with van der Waals surface area (Å²) in [6.07, 6.45) is 1.57. The van der Waals surface area contributed by atoms with Crippen LogP contribution in [0.4, 0.5) is 0 Å². The molecule has 0 aliphatic carbocycles.